The van der Waals surface area contributed by atoms with Gasteiger partial charge in [-0.1, -0.05) is 6.42 Å². The van der Waals surface area contributed by atoms with Crippen molar-refractivity contribution in [3.8, 4) is 0 Å². The minimum atomic E-state index is -0.0971. The Hall–Kier alpha value is -0.570. The fourth-order valence-electron chi connectivity index (χ4n) is 1.61. The van der Waals surface area contributed by atoms with Gasteiger partial charge in [-0.2, -0.15) is 0 Å². The molecule has 0 aromatic rings. The van der Waals surface area contributed by atoms with E-state index < -0.39 is 0 Å². The third-order valence-electron chi connectivity index (χ3n) is 2.25. The van der Waals surface area contributed by atoms with Gasteiger partial charge in [-0.3, -0.25) is 4.79 Å². The van der Waals surface area contributed by atoms with Crippen molar-refractivity contribution in [1.29, 1.82) is 0 Å². The molecule has 2 N–H and O–H groups in total. The summed E-state index contributed by atoms with van der Waals surface area (Å²) >= 11 is 0. The molecule has 0 aliphatic heterocycles. The van der Waals surface area contributed by atoms with E-state index >= 15 is 0 Å². The van der Waals surface area contributed by atoms with Gasteiger partial charge in [0, 0.05) is 6.04 Å². The predicted octanol–water partition coefficient (Wildman–Crippen LogP) is 0.677. The molecule has 0 amide bonds. The molecule has 1 saturated carbocycles. The van der Waals surface area contributed by atoms with Gasteiger partial charge in [0.2, 0.25) is 0 Å². The lowest BCUT2D eigenvalue weighted by atomic mass is 9.86. The Morgan fingerprint density at radius 1 is 1.55 bits per heavy atom. The van der Waals surface area contributed by atoms with Gasteiger partial charge in [-0.15, -0.1) is 0 Å². The number of nitrogens with two attached hydrogens (primary N) is 1. The second-order valence-electron chi connectivity index (χ2n) is 3.15. The van der Waals surface area contributed by atoms with Crippen LogP contribution in [0.2, 0.25) is 0 Å². The molecule has 0 aromatic carbocycles. The number of esters is 1. The van der Waals surface area contributed by atoms with Crippen molar-refractivity contribution < 1.29 is 9.53 Å². The maximum atomic E-state index is 11.0. The van der Waals surface area contributed by atoms with Crippen molar-refractivity contribution in [3.05, 3.63) is 0 Å². The number of hydrogen-bond donors (Lipinski definition) is 1. The molecular weight excluding hydrogens is 142 g/mol. The van der Waals surface area contributed by atoms with Gasteiger partial charge in [-0.25, -0.2) is 0 Å². The highest BCUT2D eigenvalue weighted by atomic mass is 16.5. The number of carbonyl (C=O) groups is 1. The van der Waals surface area contributed by atoms with Crippen LogP contribution < -0.4 is 5.73 Å². The lowest BCUT2D eigenvalue weighted by molar-refractivity contribution is -0.146. The fraction of sp³-hybridized carbons (Fsp3) is 0.875. The van der Waals surface area contributed by atoms with E-state index in [0.29, 0.717) is 0 Å². The van der Waals surface area contributed by atoms with Crippen LogP contribution in [0.25, 0.3) is 0 Å². The highest BCUT2D eigenvalue weighted by Crippen LogP contribution is 2.23. The molecule has 0 unspecified atom stereocenters. The first kappa shape index (κ1) is 8.53. The summed E-state index contributed by atoms with van der Waals surface area (Å²) in [6, 6.07) is 0.202. The molecule has 0 radical (unpaired) electrons. The summed E-state index contributed by atoms with van der Waals surface area (Å²) in [6.07, 6.45) is 3.85. The van der Waals surface area contributed by atoms with Crippen LogP contribution in [-0.2, 0) is 9.53 Å². The number of hydrogen-bond acceptors (Lipinski definition) is 3. The van der Waals surface area contributed by atoms with Crippen molar-refractivity contribution in [2.45, 2.75) is 31.7 Å². The van der Waals surface area contributed by atoms with Crippen LogP contribution in [0.4, 0.5) is 0 Å². The van der Waals surface area contributed by atoms with E-state index in [1.54, 1.807) is 0 Å². The second-order valence-corrected chi connectivity index (χ2v) is 3.15. The normalized spacial score (nSPS) is 31.5. The number of ether oxygens (including phenoxy) is 1. The fourth-order valence-corrected chi connectivity index (χ4v) is 1.61. The molecule has 2 atom stereocenters. The topological polar surface area (TPSA) is 52.3 Å². The largest absolute Gasteiger partial charge is 0.469 e. The molecule has 1 aliphatic carbocycles. The third kappa shape index (κ3) is 2.19. The van der Waals surface area contributed by atoms with E-state index in [1.165, 1.54) is 7.11 Å². The van der Waals surface area contributed by atoms with Crippen LogP contribution in [0.5, 0.6) is 0 Å². The van der Waals surface area contributed by atoms with Crippen molar-refractivity contribution >= 4 is 5.97 Å². The van der Waals surface area contributed by atoms with E-state index in [9.17, 15) is 4.79 Å². The maximum Gasteiger partial charge on any atom is 0.308 e. The molecule has 3 nitrogen and oxygen atoms in total. The molecule has 0 heterocycles. The molecule has 3 heteroatoms. The molecular formula is C8H15NO2. The van der Waals surface area contributed by atoms with Gasteiger partial charge < -0.3 is 10.5 Å². The minimum absolute atomic E-state index is 0.0590. The molecule has 1 rings (SSSR count). The van der Waals surface area contributed by atoms with Gasteiger partial charge in [0.15, 0.2) is 0 Å². The van der Waals surface area contributed by atoms with Gasteiger partial charge in [-0.05, 0) is 19.3 Å². The SMILES string of the molecule is COC(=O)[C@H]1CCC[C@@H](N)C1. The molecule has 1 fully saturated rings. The van der Waals surface area contributed by atoms with E-state index in [-0.39, 0.29) is 17.9 Å². The quantitative estimate of drug-likeness (QED) is 0.569. The summed E-state index contributed by atoms with van der Waals surface area (Å²) < 4.78 is 4.64. The van der Waals surface area contributed by atoms with E-state index in [1.807, 2.05) is 0 Å². The highest BCUT2D eigenvalue weighted by Gasteiger charge is 2.25. The summed E-state index contributed by atoms with van der Waals surface area (Å²) in [5, 5.41) is 0. The summed E-state index contributed by atoms with van der Waals surface area (Å²) in [4.78, 5) is 11.0. The molecule has 0 spiro atoms. The molecule has 0 bridgehead atoms. The minimum Gasteiger partial charge on any atom is -0.469 e. The Labute approximate surface area is 66.9 Å². The number of rotatable bonds is 1. The van der Waals surface area contributed by atoms with Crippen molar-refractivity contribution in [2.24, 2.45) is 11.7 Å². The Kier molecular flexibility index (Phi) is 2.88. The van der Waals surface area contributed by atoms with Crippen molar-refractivity contribution in [1.82, 2.24) is 0 Å². The zero-order valence-corrected chi connectivity index (χ0v) is 6.88. The zero-order chi connectivity index (χ0) is 8.27. The summed E-state index contributed by atoms with van der Waals surface area (Å²) in [6.45, 7) is 0. The van der Waals surface area contributed by atoms with E-state index in [0.717, 1.165) is 25.7 Å². The lowest BCUT2D eigenvalue weighted by Gasteiger charge is -2.24. The lowest BCUT2D eigenvalue weighted by Crippen LogP contribution is -2.32. The average molecular weight is 157 g/mol. The molecule has 11 heavy (non-hydrogen) atoms. The van der Waals surface area contributed by atoms with Crippen LogP contribution in [-0.4, -0.2) is 19.1 Å². The predicted molar refractivity (Wildman–Crippen MR) is 41.9 cm³/mol. The maximum absolute atomic E-state index is 11.0. The highest BCUT2D eigenvalue weighted by molar-refractivity contribution is 5.72. The van der Waals surface area contributed by atoms with Gasteiger partial charge >= 0.3 is 5.97 Å². The Bertz CT molecular complexity index is 147. The molecule has 0 saturated heterocycles. The van der Waals surface area contributed by atoms with Crippen molar-refractivity contribution in [2.75, 3.05) is 7.11 Å². The van der Waals surface area contributed by atoms with Crippen molar-refractivity contribution in [3.63, 3.8) is 0 Å². The summed E-state index contributed by atoms with van der Waals surface area (Å²) in [5.41, 5.74) is 5.71. The van der Waals surface area contributed by atoms with Gasteiger partial charge in [0.25, 0.3) is 0 Å². The molecule has 1 aliphatic rings. The Morgan fingerprint density at radius 3 is 2.82 bits per heavy atom. The van der Waals surface area contributed by atoms with Crippen LogP contribution in [0.3, 0.4) is 0 Å². The average Bonchev–Trinajstić information content (AvgIpc) is 2.03. The standard InChI is InChI=1S/C8H15NO2/c1-11-8(10)6-3-2-4-7(9)5-6/h6-7H,2-5,9H2,1H3/t6-,7+/m0/s1. The summed E-state index contributed by atoms with van der Waals surface area (Å²) in [5.74, 6) is -0.0381. The van der Waals surface area contributed by atoms with E-state index in [2.05, 4.69) is 4.74 Å². The number of methoxy groups -OCH3 is 1. The van der Waals surface area contributed by atoms with Crippen LogP contribution >= 0.6 is 0 Å². The van der Waals surface area contributed by atoms with Crippen LogP contribution in [0, 0.1) is 5.92 Å². The molecule has 0 aromatic heterocycles. The second kappa shape index (κ2) is 3.72. The first-order valence-corrected chi connectivity index (χ1v) is 4.07. The smallest absolute Gasteiger partial charge is 0.308 e. The monoisotopic (exact) mass is 157 g/mol. The first-order valence-electron chi connectivity index (χ1n) is 4.07. The third-order valence-corrected chi connectivity index (χ3v) is 2.25. The van der Waals surface area contributed by atoms with Crippen LogP contribution in [0.1, 0.15) is 25.7 Å². The summed E-state index contributed by atoms with van der Waals surface area (Å²) in [7, 11) is 1.43. The Balaban J connectivity index is 2.39. The van der Waals surface area contributed by atoms with Gasteiger partial charge in [0.1, 0.15) is 0 Å². The molecule has 64 valence electrons. The van der Waals surface area contributed by atoms with Crippen LogP contribution in [0.15, 0.2) is 0 Å². The number of carbonyl (C=O) groups excluding carboxylic acids is 1. The Morgan fingerprint density at radius 2 is 2.27 bits per heavy atom. The van der Waals surface area contributed by atoms with E-state index in [4.69, 9.17) is 5.73 Å². The van der Waals surface area contributed by atoms with Gasteiger partial charge in [0.05, 0.1) is 13.0 Å². The first-order chi connectivity index (χ1) is 5.24. The zero-order valence-electron chi connectivity index (χ0n) is 6.88.